The molecule has 0 aromatic heterocycles. The molecule has 0 radical (unpaired) electrons. The van der Waals surface area contributed by atoms with Crippen LogP contribution >= 0.6 is 35.8 Å². The van der Waals surface area contributed by atoms with Crippen LogP contribution in [0.5, 0.6) is 0 Å². The summed E-state index contributed by atoms with van der Waals surface area (Å²) in [5.41, 5.74) is 6.90. The van der Waals surface area contributed by atoms with Crippen LogP contribution in [0, 0.1) is 0 Å². The van der Waals surface area contributed by atoms with Gasteiger partial charge in [-0.25, -0.2) is 0 Å². The van der Waals surface area contributed by atoms with Crippen LogP contribution in [0.4, 0.5) is 0 Å². The highest BCUT2D eigenvalue weighted by Crippen LogP contribution is 2.28. The maximum absolute atomic E-state index is 12.4. The van der Waals surface area contributed by atoms with Crippen molar-refractivity contribution in [3.8, 4) is 0 Å². The van der Waals surface area contributed by atoms with Gasteiger partial charge in [0.15, 0.2) is 0 Å². The number of thioether (sulfide) groups is 1. The summed E-state index contributed by atoms with van der Waals surface area (Å²) in [6, 6.07) is 7.16. The number of carbonyl (C=O) groups is 1. The van der Waals surface area contributed by atoms with Crippen molar-refractivity contribution in [1.29, 1.82) is 0 Å². The zero-order chi connectivity index (χ0) is 15.2. The second-order valence-corrected chi connectivity index (χ2v) is 6.45. The van der Waals surface area contributed by atoms with Crippen molar-refractivity contribution < 1.29 is 9.53 Å². The lowest BCUT2D eigenvalue weighted by Gasteiger charge is -2.34. The predicted molar refractivity (Wildman–Crippen MR) is 94.9 cm³/mol. The first kappa shape index (κ1) is 19.6. The molecule has 0 bridgehead atoms. The van der Waals surface area contributed by atoms with E-state index in [0.717, 1.165) is 11.3 Å². The van der Waals surface area contributed by atoms with Crippen LogP contribution in [0.1, 0.15) is 18.1 Å². The maximum Gasteiger partial charge on any atom is 0.239 e. The lowest BCUT2D eigenvalue weighted by Crippen LogP contribution is -2.49. The molecular formula is C15H22Cl2N2O2S. The number of rotatable bonds is 5. The van der Waals surface area contributed by atoms with Crippen molar-refractivity contribution in [3.05, 3.63) is 34.9 Å². The third-order valence-electron chi connectivity index (χ3n) is 3.58. The Kier molecular flexibility index (Phi) is 8.57. The number of carbonyl (C=O) groups excluding carboxylic acids is 1. The van der Waals surface area contributed by atoms with Gasteiger partial charge in [-0.05, 0) is 24.5 Å². The summed E-state index contributed by atoms with van der Waals surface area (Å²) < 4.78 is 5.76. The van der Waals surface area contributed by atoms with Crippen molar-refractivity contribution in [1.82, 2.24) is 4.90 Å². The van der Waals surface area contributed by atoms with E-state index >= 15 is 0 Å². The smallest absolute Gasteiger partial charge is 0.239 e. The van der Waals surface area contributed by atoms with E-state index in [0.29, 0.717) is 31.1 Å². The molecule has 0 aliphatic carbocycles. The molecule has 1 unspecified atom stereocenters. The van der Waals surface area contributed by atoms with E-state index in [1.54, 1.807) is 16.7 Å². The van der Waals surface area contributed by atoms with Gasteiger partial charge in [-0.2, -0.15) is 11.8 Å². The molecule has 2 rings (SSSR count). The Morgan fingerprint density at radius 2 is 2.27 bits per heavy atom. The second kappa shape index (κ2) is 9.63. The summed E-state index contributed by atoms with van der Waals surface area (Å²) in [6.07, 6.45) is 2.54. The van der Waals surface area contributed by atoms with Crippen LogP contribution in [0.2, 0.25) is 5.02 Å². The van der Waals surface area contributed by atoms with Gasteiger partial charge >= 0.3 is 0 Å². The quantitative estimate of drug-likeness (QED) is 0.872. The van der Waals surface area contributed by atoms with Crippen molar-refractivity contribution >= 4 is 41.7 Å². The van der Waals surface area contributed by atoms with E-state index in [4.69, 9.17) is 22.1 Å². The molecule has 2 N–H and O–H groups in total. The SMILES string of the molecule is CSCC[C@H](N)C(=O)N1CCOC(c2ccccc2Cl)C1.Cl. The van der Waals surface area contributed by atoms with E-state index in [-0.39, 0.29) is 24.4 Å². The number of halogens is 2. The molecule has 7 heteroatoms. The lowest BCUT2D eigenvalue weighted by atomic mass is 10.1. The molecular weight excluding hydrogens is 343 g/mol. The number of benzene rings is 1. The van der Waals surface area contributed by atoms with Gasteiger partial charge in [0, 0.05) is 17.1 Å². The van der Waals surface area contributed by atoms with Crippen LogP contribution in [0.3, 0.4) is 0 Å². The Morgan fingerprint density at radius 1 is 1.55 bits per heavy atom. The molecule has 1 aliphatic rings. The van der Waals surface area contributed by atoms with E-state index in [2.05, 4.69) is 0 Å². The summed E-state index contributed by atoms with van der Waals surface area (Å²) >= 11 is 7.91. The topological polar surface area (TPSA) is 55.6 Å². The number of ether oxygens (including phenoxy) is 1. The van der Waals surface area contributed by atoms with Gasteiger partial charge in [0.05, 0.1) is 19.2 Å². The molecule has 1 fully saturated rings. The number of morpholine rings is 1. The fourth-order valence-corrected chi connectivity index (χ4v) is 3.12. The Bertz CT molecular complexity index is 490. The standard InChI is InChI=1S/C15H21ClN2O2S.ClH/c1-21-9-6-13(17)15(19)18-7-8-20-14(10-18)11-4-2-3-5-12(11)16;/h2-5,13-14H,6-10,17H2,1H3;1H/t13-,14?;/m0./s1. The van der Waals surface area contributed by atoms with Gasteiger partial charge in [-0.15, -0.1) is 12.4 Å². The monoisotopic (exact) mass is 364 g/mol. The Hall–Kier alpha value is -0.460. The van der Waals surface area contributed by atoms with Crippen LogP contribution in [0.25, 0.3) is 0 Å². The summed E-state index contributed by atoms with van der Waals surface area (Å²) in [6.45, 7) is 1.61. The highest BCUT2D eigenvalue weighted by Gasteiger charge is 2.29. The average molecular weight is 365 g/mol. The zero-order valence-corrected chi connectivity index (χ0v) is 14.9. The lowest BCUT2D eigenvalue weighted by molar-refractivity contribution is -0.140. The first-order chi connectivity index (χ1) is 10.1. The number of hydrogen-bond donors (Lipinski definition) is 1. The highest BCUT2D eigenvalue weighted by atomic mass is 35.5. The van der Waals surface area contributed by atoms with E-state index in [1.807, 2.05) is 30.5 Å². The minimum Gasteiger partial charge on any atom is -0.370 e. The molecule has 1 saturated heterocycles. The Labute approximate surface area is 147 Å². The number of amides is 1. The molecule has 124 valence electrons. The van der Waals surface area contributed by atoms with Gasteiger partial charge < -0.3 is 15.4 Å². The molecule has 2 atom stereocenters. The van der Waals surface area contributed by atoms with Crippen LogP contribution in [-0.4, -0.2) is 48.6 Å². The molecule has 1 amide bonds. The van der Waals surface area contributed by atoms with Gasteiger partial charge in [0.1, 0.15) is 6.10 Å². The van der Waals surface area contributed by atoms with Crippen LogP contribution in [-0.2, 0) is 9.53 Å². The summed E-state index contributed by atoms with van der Waals surface area (Å²) in [7, 11) is 0. The summed E-state index contributed by atoms with van der Waals surface area (Å²) in [5, 5.41) is 0.670. The molecule has 4 nitrogen and oxygen atoms in total. The third kappa shape index (κ3) is 5.03. The maximum atomic E-state index is 12.4. The summed E-state index contributed by atoms with van der Waals surface area (Å²) in [4.78, 5) is 14.2. The van der Waals surface area contributed by atoms with Gasteiger partial charge in [-0.3, -0.25) is 4.79 Å². The van der Waals surface area contributed by atoms with E-state index in [1.165, 1.54) is 0 Å². The number of nitrogens with zero attached hydrogens (tertiary/aromatic N) is 1. The predicted octanol–water partition coefficient (Wildman–Crippen LogP) is 2.74. The normalized spacial score (nSPS) is 19.4. The highest BCUT2D eigenvalue weighted by molar-refractivity contribution is 7.98. The molecule has 1 aromatic carbocycles. The molecule has 1 aromatic rings. The first-order valence-electron chi connectivity index (χ1n) is 7.02. The number of nitrogens with two attached hydrogens (primary N) is 1. The average Bonchev–Trinajstić information content (AvgIpc) is 2.52. The summed E-state index contributed by atoms with van der Waals surface area (Å²) in [5.74, 6) is 0.898. The molecule has 1 heterocycles. The van der Waals surface area contributed by atoms with E-state index < -0.39 is 6.04 Å². The molecule has 0 saturated carbocycles. The van der Waals surface area contributed by atoms with Crippen LogP contribution < -0.4 is 5.73 Å². The van der Waals surface area contributed by atoms with Crippen LogP contribution in [0.15, 0.2) is 24.3 Å². The zero-order valence-electron chi connectivity index (χ0n) is 12.5. The minimum atomic E-state index is -0.428. The largest absolute Gasteiger partial charge is 0.370 e. The fourth-order valence-electron chi connectivity index (χ4n) is 2.38. The third-order valence-corrected chi connectivity index (χ3v) is 4.57. The fraction of sp³-hybridized carbons (Fsp3) is 0.533. The van der Waals surface area contributed by atoms with Gasteiger partial charge in [-0.1, -0.05) is 29.8 Å². The van der Waals surface area contributed by atoms with Crippen molar-refractivity contribution in [2.75, 3.05) is 31.7 Å². The minimum absolute atomic E-state index is 0. The Morgan fingerprint density at radius 3 is 2.95 bits per heavy atom. The number of hydrogen-bond acceptors (Lipinski definition) is 4. The van der Waals surface area contributed by atoms with Gasteiger partial charge in [0.2, 0.25) is 5.91 Å². The van der Waals surface area contributed by atoms with Crippen molar-refractivity contribution in [2.24, 2.45) is 5.73 Å². The molecule has 0 spiro atoms. The molecule has 1 aliphatic heterocycles. The van der Waals surface area contributed by atoms with Crippen molar-refractivity contribution in [3.63, 3.8) is 0 Å². The van der Waals surface area contributed by atoms with Gasteiger partial charge in [0.25, 0.3) is 0 Å². The van der Waals surface area contributed by atoms with Crippen molar-refractivity contribution in [2.45, 2.75) is 18.6 Å². The molecule has 22 heavy (non-hydrogen) atoms. The van der Waals surface area contributed by atoms with E-state index in [9.17, 15) is 4.79 Å². The second-order valence-electron chi connectivity index (χ2n) is 5.05. The first-order valence-corrected chi connectivity index (χ1v) is 8.80. The Balaban J connectivity index is 0.00000242.